The van der Waals surface area contributed by atoms with E-state index in [1.54, 1.807) is 0 Å². The topological polar surface area (TPSA) is 20.2 Å². The molecule has 0 saturated carbocycles. The number of rotatable bonds is 3. The van der Waals surface area contributed by atoms with Gasteiger partial charge in [-0.2, -0.15) is 13.5 Å². The normalized spacial score (nSPS) is 9.95. The van der Waals surface area contributed by atoms with E-state index in [1.807, 2.05) is 48.5 Å². The lowest BCUT2D eigenvalue weighted by molar-refractivity contribution is 0.282. The highest BCUT2D eigenvalue weighted by Crippen LogP contribution is 2.33. The first-order valence-corrected chi connectivity index (χ1v) is 6.74. The van der Waals surface area contributed by atoms with Crippen LogP contribution in [0, 0.1) is 0 Å². The van der Waals surface area contributed by atoms with Crippen LogP contribution in [-0.2, 0) is 6.61 Å². The largest absolute Gasteiger partial charge is 0.392 e. The molecule has 0 bridgehead atoms. The van der Waals surface area contributed by atoms with Crippen molar-refractivity contribution < 1.29 is 5.11 Å². The van der Waals surface area contributed by atoms with Crippen LogP contribution < -0.4 is 0 Å². The summed E-state index contributed by atoms with van der Waals surface area (Å²) in [4.78, 5) is 0. The van der Waals surface area contributed by atoms with Gasteiger partial charge in [-0.25, -0.2) is 0 Å². The molecule has 0 aromatic heterocycles. The zero-order chi connectivity index (χ0) is 13.8. The Morgan fingerprint density at radius 3 is 1.76 bits per heavy atom. The van der Waals surface area contributed by atoms with Gasteiger partial charge in [0.1, 0.15) is 0 Å². The van der Waals surface area contributed by atoms with Crippen molar-refractivity contribution in [1.82, 2.24) is 0 Å². The highest BCUT2D eigenvalue weighted by molar-refractivity contribution is 7.59. The van der Waals surface area contributed by atoms with E-state index in [0.29, 0.717) is 0 Å². The molecule has 0 radical (unpaired) electrons. The van der Waals surface area contributed by atoms with Gasteiger partial charge in [0.15, 0.2) is 0 Å². The third-order valence-corrected chi connectivity index (χ3v) is 3.49. The summed E-state index contributed by atoms with van der Waals surface area (Å²) in [6, 6.07) is 26.7. The van der Waals surface area contributed by atoms with Crippen molar-refractivity contribution in [3.8, 4) is 22.3 Å². The molecule has 3 rings (SSSR count). The molecule has 106 valence electrons. The second-order valence-electron chi connectivity index (χ2n) is 4.73. The second-order valence-corrected chi connectivity index (χ2v) is 4.73. The number of hydrogen-bond donors (Lipinski definition) is 1. The molecule has 0 fully saturated rings. The van der Waals surface area contributed by atoms with E-state index in [2.05, 4.69) is 30.3 Å². The molecule has 0 aliphatic carbocycles. The van der Waals surface area contributed by atoms with Gasteiger partial charge in [0.25, 0.3) is 0 Å². The summed E-state index contributed by atoms with van der Waals surface area (Å²) < 4.78 is 0. The van der Waals surface area contributed by atoms with Crippen LogP contribution in [0.4, 0.5) is 0 Å². The van der Waals surface area contributed by atoms with Crippen molar-refractivity contribution in [2.24, 2.45) is 0 Å². The fraction of sp³-hybridized carbons (Fsp3) is 0.0526. The Bertz CT molecular complexity index is 708. The molecule has 0 aliphatic heterocycles. The van der Waals surface area contributed by atoms with E-state index in [-0.39, 0.29) is 20.1 Å². The molecule has 0 amide bonds. The zero-order valence-electron chi connectivity index (χ0n) is 11.7. The summed E-state index contributed by atoms with van der Waals surface area (Å²) >= 11 is 0. The molecule has 0 saturated heterocycles. The van der Waals surface area contributed by atoms with Gasteiger partial charge in [-0.1, -0.05) is 78.9 Å². The van der Waals surface area contributed by atoms with Crippen LogP contribution in [0.2, 0.25) is 0 Å². The van der Waals surface area contributed by atoms with Crippen molar-refractivity contribution in [2.45, 2.75) is 6.61 Å². The monoisotopic (exact) mass is 294 g/mol. The van der Waals surface area contributed by atoms with E-state index in [4.69, 9.17) is 0 Å². The first-order chi connectivity index (χ1) is 9.90. The van der Waals surface area contributed by atoms with E-state index in [0.717, 1.165) is 16.7 Å². The minimum atomic E-state index is 0. The maximum absolute atomic E-state index is 9.54. The number of aliphatic hydroxyl groups excluding tert-OH is 1. The predicted molar refractivity (Wildman–Crippen MR) is 93.6 cm³/mol. The molecule has 0 spiro atoms. The molecular weight excluding hydrogens is 276 g/mol. The van der Waals surface area contributed by atoms with Gasteiger partial charge in [-0.3, -0.25) is 0 Å². The van der Waals surface area contributed by atoms with E-state index >= 15 is 0 Å². The SMILES string of the molecule is OCc1ccccc1-c1ccccc1-c1ccccc1.S. The summed E-state index contributed by atoms with van der Waals surface area (Å²) in [5, 5.41) is 9.54. The van der Waals surface area contributed by atoms with Crippen molar-refractivity contribution in [3.63, 3.8) is 0 Å². The molecule has 3 aromatic rings. The molecule has 1 N–H and O–H groups in total. The first-order valence-electron chi connectivity index (χ1n) is 6.74. The first kappa shape index (κ1) is 15.4. The Morgan fingerprint density at radius 1 is 0.571 bits per heavy atom. The van der Waals surface area contributed by atoms with Crippen LogP contribution in [0.15, 0.2) is 78.9 Å². The van der Waals surface area contributed by atoms with E-state index in [9.17, 15) is 5.11 Å². The molecule has 3 aromatic carbocycles. The molecule has 0 heterocycles. The summed E-state index contributed by atoms with van der Waals surface area (Å²) in [5.41, 5.74) is 5.58. The fourth-order valence-corrected chi connectivity index (χ4v) is 2.51. The zero-order valence-corrected chi connectivity index (χ0v) is 12.7. The van der Waals surface area contributed by atoms with Crippen molar-refractivity contribution in [3.05, 3.63) is 84.4 Å². The Hall–Kier alpha value is -2.03. The minimum absolute atomic E-state index is 0. The quantitative estimate of drug-likeness (QED) is 0.747. The summed E-state index contributed by atoms with van der Waals surface area (Å²) in [6.07, 6.45) is 0. The van der Waals surface area contributed by atoms with Crippen molar-refractivity contribution in [2.75, 3.05) is 0 Å². The minimum Gasteiger partial charge on any atom is -0.392 e. The van der Waals surface area contributed by atoms with Gasteiger partial charge >= 0.3 is 0 Å². The molecule has 0 aliphatic rings. The van der Waals surface area contributed by atoms with Crippen molar-refractivity contribution in [1.29, 1.82) is 0 Å². The maximum Gasteiger partial charge on any atom is 0.0687 e. The van der Waals surface area contributed by atoms with Gasteiger partial charge in [-0.05, 0) is 27.8 Å². The highest BCUT2D eigenvalue weighted by atomic mass is 32.1. The number of hydrogen-bond acceptors (Lipinski definition) is 1. The van der Waals surface area contributed by atoms with Crippen LogP contribution in [0.1, 0.15) is 5.56 Å². The Morgan fingerprint density at radius 2 is 1.10 bits per heavy atom. The molecule has 0 atom stereocenters. The average Bonchev–Trinajstić information content (AvgIpc) is 2.55. The molecule has 1 nitrogen and oxygen atoms in total. The Kier molecular flexibility index (Phi) is 5.20. The Labute approximate surface area is 132 Å². The number of aliphatic hydroxyl groups is 1. The van der Waals surface area contributed by atoms with Crippen LogP contribution in [0.25, 0.3) is 22.3 Å². The molecular formula is C19H18OS. The smallest absolute Gasteiger partial charge is 0.0687 e. The molecule has 21 heavy (non-hydrogen) atoms. The lowest BCUT2D eigenvalue weighted by Gasteiger charge is -2.13. The summed E-state index contributed by atoms with van der Waals surface area (Å²) in [5.74, 6) is 0. The van der Waals surface area contributed by atoms with Crippen LogP contribution in [0.3, 0.4) is 0 Å². The second kappa shape index (κ2) is 7.11. The average molecular weight is 294 g/mol. The fourth-order valence-electron chi connectivity index (χ4n) is 2.51. The summed E-state index contributed by atoms with van der Waals surface area (Å²) in [6.45, 7) is 0.0549. The van der Waals surface area contributed by atoms with Gasteiger partial charge in [0.05, 0.1) is 6.61 Å². The third kappa shape index (κ3) is 3.18. The van der Waals surface area contributed by atoms with Crippen molar-refractivity contribution >= 4 is 13.5 Å². The lowest BCUT2D eigenvalue weighted by Crippen LogP contribution is -1.91. The Balaban J connectivity index is 0.00000161. The van der Waals surface area contributed by atoms with E-state index in [1.165, 1.54) is 11.1 Å². The highest BCUT2D eigenvalue weighted by Gasteiger charge is 2.09. The van der Waals surface area contributed by atoms with Crippen LogP contribution >= 0.6 is 13.5 Å². The maximum atomic E-state index is 9.54. The summed E-state index contributed by atoms with van der Waals surface area (Å²) in [7, 11) is 0. The third-order valence-electron chi connectivity index (χ3n) is 3.49. The number of benzene rings is 3. The van der Waals surface area contributed by atoms with Gasteiger partial charge in [0.2, 0.25) is 0 Å². The predicted octanol–water partition coefficient (Wildman–Crippen LogP) is 4.63. The standard InChI is InChI=1S/C19H16O.H2S/c20-14-16-10-4-5-12-18(16)19-13-7-6-11-17(19)15-8-2-1-3-9-15;/h1-13,20H,14H2;1H2. The lowest BCUT2D eigenvalue weighted by atomic mass is 9.92. The van der Waals surface area contributed by atoms with E-state index < -0.39 is 0 Å². The molecule has 0 unspecified atom stereocenters. The molecule has 2 heteroatoms. The van der Waals surface area contributed by atoms with Gasteiger partial charge in [0, 0.05) is 0 Å². The van der Waals surface area contributed by atoms with Gasteiger partial charge < -0.3 is 5.11 Å². The van der Waals surface area contributed by atoms with Crippen LogP contribution in [-0.4, -0.2) is 5.11 Å². The van der Waals surface area contributed by atoms with Gasteiger partial charge in [-0.15, -0.1) is 0 Å². The van der Waals surface area contributed by atoms with Crippen LogP contribution in [0.5, 0.6) is 0 Å².